The van der Waals surface area contributed by atoms with Gasteiger partial charge < -0.3 is 4.43 Å². The first-order valence-corrected chi connectivity index (χ1v) is 7.32. The van der Waals surface area contributed by atoms with Crippen molar-refractivity contribution < 1.29 is 9.22 Å². The van der Waals surface area contributed by atoms with Gasteiger partial charge in [0.25, 0.3) is 0 Å². The molecule has 1 unspecified atom stereocenters. The summed E-state index contributed by atoms with van der Waals surface area (Å²) in [7, 11) is -0.974. The van der Waals surface area contributed by atoms with Crippen molar-refractivity contribution in [3.05, 3.63) is 12.2 Å². The summed E-state index contributed by atoms with van der Waals surface area (Å²) in [5.41, 5.74) is 0.672. The van der Waals surface area contributed by atoms with Crippen LogP contribution in [0.25, 0.3) is 0 Å². The Kier molecular flexibility index (Phi) is 6.81. The van der Waals surface area contributed by atoms with Crippen LogP contribution in [0.3, 0.4) is 0 Å². The van der Waals surface area contributed by atoms with E-state index in [-0.39, 0.29) is 5.78 Å². The van der Waals surface area contributed by atoms with E-state index in [4.69, 9.17) is 4.43 Å². The molecule has 2 nitrogen and oxygen atoms in total. The van der Waals surface area contributed by atoms with Crippen LogP contribution in [0.1, 0.15) is 26.7 Å². The summed E-state index contributed by atoms with van der Waals surface area (Å²) in [6.07, 6.45) is 1.60. The van der Waals surface area contributed by atoms with Gasteiger partial charge in [0.05, 0.1) is 0 Å². The molecule has 0 saturated heterocycles. The molecule has 0 aliphatic rings. The maximum Gasteiger partial charge on any atom is 0.173 e. The predicted octanol–water partition coefficient (Wildman–Crippen LogP) is 2.30. The van der Waals surface area contributed by atoms with Gasteiger partial charge in [-0.15, -0.1) is 0 Å². The molecule has 0 heterocycles. The van der Waals surface area contributed by atoms with Gasteiger partial charge in [0.1, 0.15) is 0 Å². The molecule has 0 rings (SSSR count). The van der Waals surface area contributed by atoms with Gasteiger partial charge in [-0.25, -0.2) is 0 Å². The van der Waals surface area contributed by atoms with Crippen LogP contribution in [0.4, 0.5) is 0 Å². The first-order valence-electron chi connectivity index (χ1n) is 4.88. The average Bonchev–Trinajstić information content (AvgIpc) is 2.04. The second-order valence-electron chi connectivity index (χ2n) is 3.36. The summed E-state index contributed by atoms with van der Waals surface area (Å²) >= 11 is 0. The lowest BCUT2D eigenvalue weighted by atomic mass is 10.1. The largest absolute Gasteiger partial charge is 0.421 e. The van der Waals surface area contributed by atoms with Crippen molar-refractivity contribution in [2.45, 2.75) is 39.3 Å². The Hall–Kier alpha value is -0.413. The van der Waals surface area contributed by atoms with Gasteiger partial charge in [-0.2, -0.15) is 0 Å². The third kappa shape index (κ3) is 6.72. The predicted molar refractivity (Wildman–Crippen MR) is 58.5 cm³/mol. The summed E-state index contributed by atoms with van der Waals surface area (Å²) in [4.78, 5) is 11.2. The molecule has 0 aromatic heterocycles. The fourth-order valence-corrected chi connectivity index (χ4v) is 2.65. The Morgan fingerprint density at radius 3 is 2.62 bits per heavy atom. The fraction of sp³-hybridized carbons (Fsp3) is 0.700. The molecule has 0 saturated carbocycles. The van der Waals surface area contributed by atoms with E-state index >= 15 is 0 Å². The smallest absolute Gasteiger partial charge is 0.173 e. The van der Waals surface area contributed by atoms with E-state index in [1.807, 2.05) is 6.92 Å². The average molecular weight is 200 g/mol. The van der Waals surface area contributed by atoms with E-state index in [0.717, 1.165) is 19.1 Å². The summed E-state index contributed by atoms with van der Waals surface area (Å²) < 4.78 is 5.49. The monoisotopic (exact) mass is 200 g/mol. The van der Waals surface area contributed by atoms with E-state index in [1.54, 1.807) is 6.92 Å². The van der Waals surface area contributed by atoms with E-state index in [1.165, 1.54) is 0 Å². The van der Waals surface area contributed by atoms with Gasteiger partial charge >= 0.3 is 0 Å². The van der Waals surface area contributed by atoms with Crippen LogP contribution in [-0.2, 0) is 9.22 Å². The number of allylic oxidation sites excluding steroid dienone is 1. The molecular weight excluding hydrogens is 180 g/mol. The molecule has 13 heavy (non-hydrogen) atoms. The molecule has 1 atom stereocenters. The van der Waals surface area contributed by atoms with Crippen LogP contribution in [0, 0.1) is 0 Å². The van der Waals surface area contributed by atoms with Gasteiger partial charge in [-0.3, -0.25) is 4.79 Å². The minimum atomic E-state index is -0.974. The third-order valence-electron chi connectivity index (χ3n) is 1.94. The maximum atomic E-state index is 11.2. The fourth-order valence-electron chi connectivity index (χ4n) is 1.13. The quantitative estimate of drug-likeness (QED) is 0.465. The van der Waals surface area contributed by atoms with Gasteiger partial charge in [0.2, 0.25) is 0 Å². The first kappa shape index (κ1) is 12.6. The highest BCUT2D eigenvalue weighted by Gasteiger charge is 2.06. The molecule has 3 heteroatoms. The van der Waals surface area contributed by atoms with Crippen LogP contribution in [0.15, 0.2) is 12.2 Å². The molecule has 0 aromatic rings. The van der Waals surface area contributed by atoms with E-state index in [2.05, 4.69) is 13.1 Å². The lowest BCUT2D eigenvalue weighted by Gasteiger charge is -2.08. The molecule has 0 bridgehead atoms. The molecule has 0 aliphatic heterocycles. The number of carbonyl (C=O) groups is 1. The zero-order valence-electron chi connectivity index (χ0n) is 8.93. The van der Waals surface area contributed by atoms with Gasteiger partial charge in [0, 0.05) is 13.0 Å². The number of ketones is 1. The summed E-state index contributed by atoms with van der Waals surface area (Å²) in [6, 6.07) is 1.09. The van der Waals surface area contributed by atoms with Crippen molar-refractivity contribution in [2.24, 2.45) is 0 Å². The molecule has 0 radical (unpaired) electrons. The third-order valence-corrected chi connectivity index (χ3v) is 4.07. The highest BCUT2D eigenvalue weighted by Crippen LogP contribution is 2.06. The summed E-state index contributed by atoms with van der Waals surface area (Å²) in [5.74, 6) is 0.192. The van der Waals surface area contributed by atoms with Gasteiger partial charge in [-0.05, 0) is 38.4 Å². The number of hydrogen-bond acceptors (Lipinski definition) is 2. The molecular formula is C10H20O2Si. The zero-order chi connectivity index (χ0) is 10.3. The van der Waals surface area contributed by atoms with Crippen molar-refractivity contribution in [1.29, 1.82) is 0 Å². The van der Waals surface area contributed by atoms with Crippen molar-refractivity contribution in [2.75, 3.05) is 6.61 Å². The number of Topliss-reactive ketones (excluding diaryl/α,β-unsaturated/α-hetero) is 1. The van der Waals surface area contributed by atoms with E-state index in [0.29, 0.717) is 12.0 Å². The van der Waals surface area contributed by atoms with Crippen LogP contribution in [0.5, 0.6) is 0 Å². The second-order valence-corrected chi connectivity index (χ2v) is 5.89. The van der Waals surface area contributed by atoms with Gasteiger partial charge in [-0.1, -0.05) is 6.58 Å². The van der Waals surface area contributed by atoms with Crippen molar-refractivity contribution in [3.63, 3.8) is 0 Å². The Balaban J connectivity index is 3.44. The standard InChI is InChI=1S/C10H20O2Si/c1-5-12-13(4)8-6-7-10(11)9(2)3/h13H,2,5-8H2,1,3-4H3. The van der Waals surface area contributed by atoms with Crippen LogP contribution in [0.2, 0.25) is 12.6 Å². The normalized spacial score (nSPS) is 12.5. The number of rotatable bonds is 7. The van der Waals surface area contributed by atoms with Crippen LogP contribution >= 0.6 is 0 Å². The van der Waals surface area contributed by atoms with Gasteiger partial charge in [0.15, 0.2) is 14.8 Å². The molecule has 0 amide bonds. The maximum absolute atomic E-state index is 11.2. The molecule has 0 aliphatic carbocycles. The Bertz CT molecular complexity index is 178. The molecule has 0 spiro atoms. The minimum Gasteiger partial charge on any atom is -0.421 e. The van der Waals surface area contributed by atoms with Crippen molar-refractivity contribution in [1.82, 2.24) is 0 Å². The van der Waals surface area contributed by atoms with Crippen LogP contribution in [-0.4, -0.2) is 21.4 Å². The molecule has 0 aromatic carbocycles. The topological polar surface area (TPSA) is 26.3 Å². The van der Waals surface area contributed by atoms with Crippen molar-refractivity contribution in [3.8, 4) is 0 Å². The summed E-state index contributed by atoms with van der Waals surface area (Å²) in [5, 5.41) is 0. The van der Waals surface area contributed by atoms with E-state index in [9.17, 15) is 4.79 Å². The summed E-state index contributed by atoms with van der Waals surface area (Å²) in [6.45, 7) is 10.4. The Morgan fingerprint density at radius 1 is 1.54 bits per heavy atom. The molecule has 76 valence electrons. The Morgan fingerprint density at radius 2 is 2.15 bits per heavy atom. The molecule has 0 fully saturated rings. The second kappa shape index (κ2) is 7.03. The SMILES string of the molecule is C=C(C)C(=O)CCC[SiH](C)OCC. The zero-order valence-corrected chi connectivity index (χ0v) is 10.1. The van der Waals surface area contributed by atoms with Crippen LogP contribution < -0.4 is 0 Å². The number of hydrogen-bond donors (Lipinski definition) is 0. The van der Waals surface area contributed by atoms with E-state index < -0.39 is 9.04 Å². The minimum absolute atomic E-state index is 0.192. The number of carbonyl (C=O) groups excluding carboxylic acids is 1. The lowest BCUT2D eigenvalue weighted by Crippen LogP contribution is -2.13. The first-order chi connectivity index (χ1) is 6.07. The lowest BCUT2D eigenvalue weighted by molar-refractivity contribution is -0.115. The highest BCUT2D eigenvalue weighted by molar-refractivity contribution is 6.50. The highest BCUT2D eigenvalue weighted by atomic mass is 28.3. The Labute approximate surface area is 82.7 Å². The van der Waals surface area contributed by atoms with Crippen molar-refractivity contribution >= 4 is 14.8 Å². The molecule has 0 N–H and O–H groups in total.